The fourth-order valence-corrected chi connectivity index (χ4v) is 2.71. The molecule has 3 rings (SSSR count). The number of carbonyl (C=O) groups excluding carboxylic acids is 1. The molecule has 0 saturated carbocycles. The molecule has 0 N–H and O–H groups in total. The number of nitrogens with zero attached hydrogens (tertiary/aromatic N) is 4. The van der Waals surface area contributed by atoms with Crippen molar-refractivity contribution in [2.75, 3.05) is 6.54 Å². The molecule has 0 bridgehead atoms. The lowest BCUT2D eigenvalue weighted by Crippen LogP contribution is -2.36. The molecule has 1 aliphatic heterocycles. The van der Waals surface area contributed by atoms with E-state index in [9.17, 15) is 4.79 Å². The first kappa shape index (κ1) is 15.5. The van der Waals surface area contributed by atoms with Crippen LogP contribution >= 0.6 is 0 Å². The van der Waals surface area contributed by atoms with E-state index >= 15 is 0 Å². The molecule has 1 amide bonds. The van der Waals surface area contributed by atoms with Gasteiger partial charge in [0.25, 0.3) is 0 Å². The standard InChI is InChI=1S/C17H22N4O2/c1-17(2,3)23-16(22)20-11-7-10-14(20)15-18-12-21(19-15)13-8-5-4-6-9-13/h4-6,8-9,12,14H,7,10-11H2,1-3H3/t14-/m0/s1. The van der Waals surface area contributed by atoms with Gasteiger partial charge in [0, 0.05) is 6.54 Å². The van der Waals surface area contributed by atoms with Crippen molar-refractivity contribution in [3.05, 3.63) is 42.5 Å². The SMILES string of the molecule is CC(C)(C)OC(=O)N1CCC[C@H]1c1ncn(-c2ccccc2)n1. The summed E-state index contributed by atoms with van der Waals surface area (Å²) in [5.41, 5.74) is 0.453. The lowest BCUT2D eigenvalue weighted by molar-refractivity contribution is 0.0218. The molecule has 1 fully saturated rings. The van der Waals surface area contributed by atoms with Gasteiger partial charge in [-0.15, -0.1) is 5.10 Å². The molecule has 0 aliphatic carbocycles. The average molecular weight is 314 g/mol. The minimum atomic E-state index is -0.499. The molecule has 2 aromatic rings. The predicted octanol–water partition coefficient (Wildman–Crippen LogP) is 3.34. The van der Waals surface area contributed by atoms with Crippen LogP contribution in [-0.2, 0) is 4.74 Å². The van der Waals surface area contributed by atoms with Crippen molar-refractivity contribution >= 4 is 6.09 Å². The summed E-state index contributed by atoms with van der Waals surface area (Å²) in [6.45, 7) is 6.30. The number of benzene rings is 1. The molecule has 1 aromatic heterocycles. The van der Waals surface area contributed by atoms with Gasteiger partial charge in [-0.1, -0.05) is 18.2 Å². The Labute approximate surface area is 136 Å². The highest BCUT2D eigenvalue weighted by Gasteiger charge is 2.35. The Morgan fingerprint density at radius 3 is 2.70 bits per heavy atom. The number of ether oxygens (including phenoxy) is 1. The van der Waals surface area contributed by atoms with E-state index < -0.39 is 5.60 Å². The van der Waals surface area contributed by atoms with Crippen LogP contribution in [0.2, 0.25) is 0 Å². The lowest BCUT2D eigenvalue weighted by Gasteiger charge is -2.27. The van der Waals surface area contributed by atoms with Gasteiger partial charge in [-0.25, -0.2) is 14.5 Å². The minimum absolute atomic E-state index is 0.116. The fraction of sp³-hybridized carbons (Fsp3) is 0.471. The molecule has 1 aliphatic rings. The average Bonchev–Trinajstić information content (AvgIpc) is 3.15. The summed E-state index contributed by atoms with van der Waals surface area (Å²) in [7, 11) is 0. The number of carbonyl (C=O) groups is 1. The van der Waals surface area contributed by atoms with Crippen molar-refractivity contribution in [3.8, 4) is 5.69 Å². The van der Waals surface area contributed by atoms with Crippen molar-refractivity contribution < 1.29 is 9.53 Å². The topological polar surface area (TPSA) is 60.2 Å². The van der Waals surface area contributed by atoms with E-state index in [0.717, 1.165) is 18.5 Å². The maximum absolute atomic E-state index is 12.4. The first-order chi connectivity index (χ1) is 10.9. The lowest BCUT2D eigenvalue weighted by atomic mass is 10.2. The molecule has 6 heteroatoms. The zero-order valence-corrected chi connectivity index (χ0v) is 13.8. The maximum atomic E-state index is 12.4. The quantitative estimate of drug-likeness (QED) is 0.853. The minimum Gasteiger partial charge on any atom is -0.444 e. The molecule has 23 heavy (non-hydrogen) atoms. The van der Waals surface area contributed by atoms with E-state index in [1.807, 2.05) is 51.1 Å². The molecule has 0 radical (unpaired) electrons. The number of aromatic nitrogens is 3. The third-order valence-corrected chi connectivity index (χ3v) is 3.71. The van der Waals surface area contributed by atoms with Crippen LogP contribution in [0.5, 0.6) is 0 Å². The van der Waals surface area contributed by atoms with E-state index in [1.54, 1.807) is 15.9 Å². The second kappa shape index (κ2) is 6.02. The number of para-hydroxylation sites is 1. The molecule has 6 nitrogen and oxygen atoms in total. The summed E-state index contributed by atoms with van der Waals surface area (Å²) in [4.78, 5) is 18.5. The van der Waals surface area contributed by atoms with Crippen molar-refractivity contribution in [3.63, 3.8) is 0 Å². The Balaban J connectivity index is 1.78. The first-order valence-corrected chi connectivity index (χ1v) is 7.91. The number of hydrogen-bond acceptors (Lipinski definition) is 4. The molecule has 122 valence electrons. The van der Waals surface area contributed by atoms with Crippen LogP contribution in [0.15, 0.2) is 36.7 Å². The Kier molecular flexibility index (Phi) is 4.07. The van der Waals surface area contributed by atoms with Crippen LogP contribution in [0, 0.1) is 0 Å². The summed E-state index contributed by atoms with van der Waals surface area (Å²) in [6.07, 6.45) is 3.19. The van der Waals surface area contributed by atoms with Gasteiger partial charge in [0.05, 0.1) is 11.7 Å². The monoisotopic (exact) mass is 314 g/mol. The van der Waals surface area contributed by atoms with Gasteiger partial charge in [0.2, 0.25) is 0 Å². The second-order valence-corrected chi connectivity index (χ2v) is 6.71. The van der Waals surface area contributed by atoms with E-state index in [1.165, 1.54) is 0 Å². The molecular weight excluding hydrogens is 292 g/mol. The first-order valence-electron chi connectivity index (χ1n) is 7.91. The van der Waals surface area contributed by atoms with E-state index in [2.05, 4.69) is 10.1 Å². The van der Waals surface area contributed by atoms with Gasteiger partial charge in [-0.2, -0.15) is 0 Å². The second-order valence-electron chi connectivity index (χ2n) is 6.71. The summed E-state index contributed by atoms with van der Waals surface area (Å²) >= 11 is 0. The summed E-state index contributed by atoms with van der Waals surface area (Å²) in [5, 5.41) is 4.55. The van der Waals surface area contributed by atoms with Gasteiger partial charge in [0.15, 0.2) is 5.82 Å². The Morgan fingerprint density at radius 2 is 2.00 bits per heavy atom. The van der Waals surface area contributed by atoms with Crippen molar-refractivity contribution in [2.24, 2.45) is 0 Å². The summed E-state index contributed by atoms with van der Waals surface area (Å²) in [5.74, 6) is 0.664. The highest BCUT2D eigenvalue weighted by molar-refractivity contribution is 5.69. The third-order valence-electron chi connectivity index (χ3n) is 3.71. The van der Waals surface area contributed by atoms with Crippen molar-refractivity contribution in [1.29, 1.82) is 0 Å². The van der Waals surface area contributed by atoms with Gasteiger partial charge < -0.3 is 4.74 Å². The van der Waals surface area contributed by atoms with Crippen LogP contribution in [0.1, 0.15) is 45.5 Å². The molecular formula is C17H22N4O2. The highest BCUT2D eigenvalue weighted by Crippen LogP contribution is 2.31. The molecule has 1 atom stereocenters. The Bertz CT molecular complexity index is 675. The van der Waals surface area contributed by atoms with Gasteiger partial charge in [-0.05, 0) is 45.7 Å². The molecule has 1 aromatic carbocycles. The van der Waals surface area contributed by atoms with E-state index in [-0.39, 0.29) is 12.1 Å². The zero-order chi connectivity index (χ0) is 16.4. The van der Waals surface area contributed by atoms with E-state index in [0.29, 0.717) is 12.4 Å². The largest absolute Gasteiger partial charge is 0.444 e. The highest BCUT2D eigenvalue weighted by atomic mass is 16.6. The van der Waals surface area contributed by atoms with Crippen molar-refractivity contribution in [2.45, 2.75) is 45.3 Å². The van der Waals surface area contributed by atoms with Gasteiger partial charge in [-0.3, -0.25) is 4.90 Å². The number of hydrogen-bond donors (Lipinski definition) is 0. The fourth-order valence-electron chi connectivity index (χ4n) is 2.71. The van der Waals surface area contributed by atoms with Crippen LogP contribution in [-0.4, -0.2) is 37.9 Å². The third kappa shape index (κ3) is 3.52. The Hall–Kier alpha value is -2.37. The maximum Gasteiger partial charge on any atom is 0.410 e. The molecule has 2 heterocycles. The smallest absolute Gasteiger partial charge is 0.410 e. The molecule has 0 spiro atoms. The summed E-state index contributed by atoms with van der Waals surface area (Å²) in [6, 6.07) is 9.70. The number of likely N-dealkylation sites (tertiary alicyclic amines) is 1. The molecule has 1 saturated heterocycles. The van der Waals surface area contributed by atoms with Crippen LogP contribution in [0.25, 0.3) is 5.69 Å². The van der Waals surface area contributed by atoms with Gasteiger partial charge in [0.1, 0.15) is 11.9 Å². The predicted molar refractivity (Wildman–Crippen MR) is 86.3 cm³/mol. The number of amides is 1. The van der Waals surface area contributed by atoms with E-state index in [4.69, 9.17) is 4.74 Å². The normalized spacial score (nSPS) is 18.2. The molecule has 0 unspecified atom stereocenters. The van der Waals surface area contributed by atoms with Gasteiger partial charge >= 0.3 is 6.09 Å². The summed E-state index contributed by atoms with van der Waals surface area (Å²) < 4.78 is 7.23. The zero-order valence-electron chi connectivity index (χ0n) is 13.8. The van der Waals surface area contributed by atoms with Crippen LogP contribution in [0.4, 0.5) is 4.79 Å². The van der Waals surface area contributed by atoms with Crippen LogP contribution in [0.3, 0.4) is 0 Å². The van der Waals surface area contributed by atoms with Crippen molar-refractivity contribution in [1.82, 2.24) is 19.7 Å². The Morgan fingerprint density at radius 1 is 1.26 bits per heavy atom. The number of rotatable bonds is 2. The van der Waals surface area contributed by atoms with Crippen LogP contribution < -0.4 is 0 Å².